The first-order valence-corrected chi connectivity index (χ1v) is 5.30. The zero-order valence-electron chi connectivity index (χ0n) is 10.3. The number of carbonyl (C=O) groups is 3. The van der Waals surface area contributed by atoms with Gasteiger partial charge in [0, 0.05) is 6.42 Å². The number of carbonyl (C=O) groups excluding carboxylic acids is 2. The fourth-order valence-corrected chi connectivity index (χ4v) is 0.970. The van der Waals surface area contributed by atoms with Gasteiger partial charge in [-0.05, 0) is 27.2 Å². The average Bonchev–Trinajstić information content (AvgIpc) is 2.08. The van der Waals surface area contributed by atoms with Crippen LogP contribution in [-0.4, -0.2) is 35.2 Å². The highest BCUT2D eigenvalue weighted by atomic mass is 16.6. The molecule has 0 amide bonds. The molecule has 0 fully saturated rings. The maximum absolute atomic E-state index is 11.2. The summed E-state index contributed by atoms with van der Waals surface area (Å²) in [4.78, 5) is 32.2. The van der Waals surface area contributed by atoms with Gasteiger partial charge in [-0.2, -0.15) is 0 Å². The second-order valence-electron chi connectivity index (χ2n) is 4.48. The summed E-state index contributed by atoms with van der Waals surface area (Å²) >= 11 is 0. The Morgan fingerprint density at radius 2 is 1.71 bits per heavy atom. The Kier molecular flexibility index (Phi) is 6.23. The van der Waals surface area contributed by atoms with Gasteiger partial charge in [-0.15, -0.1) is 0 Å². The third kappa shape index (κ3) is 10.7. The zero-order valence-corrected chi connectivity index (χ0v) is 10.3. The number of carboxylic acids is 1. The van der Waals surface area contributed by atoms with E-state index < -0.39 is 24.0 Å². The summed E-state index contributed by atoms with van der Waals surface area (Å²) in [6, 6.07) is 0. The molecule has 0 aromatic rings. The fourth-order valence-electron chi connectivity index (χ4n) is 0.970. The lowest BCUT2D eigenvalue weighted by atomic mass is 10.2. The number of esters is 2. The SMILES string of the molecule is CC(C)(C)OC(=O)CCCOC(=O)CC(=O)O. The van der Waals surface area contributed by atoms with Crippen molar-refractivity contribution in [1.82, 2.24) is 0 Å². The molecule has 98 valence electrons. The van der Waals surface area contributed by atoms with Gasteiger partial charge in [0.15, 0.2) is 0 Å². The van der Waals surface area contributed by atoms with E-state index in [1.165, 1.54) is 0 Å². The highest BCUT2D eigenvalue weighted by Gasteiger charge is 2.16. The number of hydrogen-bond donors (Lipinski definition) is 1. The van der Waals surface area contributed by atoms with Gasteiger partial charge in [0.1, 0.15) is 12.0 Å². The second-order valence-corrected chi connectivity index (χ2v) is 4.48. The minimum atomic E-state index is -1.23. The Morgan fingerprint density at radius 3 is 2.18 bits per heavy atom. The summed E-state index contributed by atoms with van der Waals surface area (Å²) < 4.78 is 9.64. The predicted octanol–water partition coefficient (Wildman–Crippen LogP) is 1.13. The summed E-state index contributed by atoms with van der Waals surface area (Å²) in [5.74, 6) is -2.41. The van der Waals surface area contributed by atoms with E-state index in [0.29, 0.717) is 6.42 Å². The molecule has 0 unspecified atom stereocenters. The highest BCUT2D eigenvalue weighted by Crippen LogP contribution is 2.09. The maximum Gasteiger partial charge on any atom is 0.317 e. The molecule has 17 heavy (non-hydrogen) atoms. The lowest BCUT2D eigenvalue weighted by molar-refractivity contribution is -0.157. The topological polar surface area (TPSA) is 89.9 Å². The van der Waals surface area contributed by atoms with E-state index in [0.717, 1.165) is 0 Å². The van der Waals surface area contributed by atoms with Gasteiger partial charge in [-0.1, -0.05) is 0 Å². The molecular weight excluding hydrogens is 228 g/mol. The van der Waals surface area contributed by atoms with Crippen molar-refractivity contribution in [3.05, 3.63) is 0 Å². The summed E-state index contributed by atoms with van der Waals surface area (Å²) in [6.07, 6.45) is -0.204. The molecule has 0 spiro atoms. The van der Waals surface area contributed by atoms with Crippen LogP contribution in [0, 0.1) is 0 Å². The molecule has 0 saturated carbocycles. The molecule has 0 aliphatic carbocycles. The van der Waals surface area contributed by atoms with Gasteiger partial charge < -0.3 is 14.6 Å². The van der Waals surface area contributed by atoms with Gasteiger partial charge >= 0.3 is 17.9 Å². The summed E-state index contributed by atoms with van der Waals surface area (Å²) in [5.41, 5.74) is -0.531. The Morgan fingerprint density at radius 1 is 1.12 bits per heavy atom. The first-order valence-electron chi connectivity index (χ1n) is 5.30. The van der Waals surface area contributed by atoms with Crippen molar-refractivity contribution in [3.8, 4) is 0 Å². The van der Waals surface area contributed by atoms with Crippen LogP contribution >= 0.6 is 0 Å². The molecule has 0 aromatic heterocycles. The Bertz CT molecular complexity index is 289. The molecule has 0 aliphatic rings. The summed E-state index contributed by atoms with van der Waals surface area (Å²) in [5, 5.41) is 8.28. The molecule has 1 N–H and O–H groups in total. The smallest absolute Gasteiger partial charge is 0.317 e. The molecule has 0 radical (unpaired) electrons. The molecule has 0 rings (SSSR count). The van der Waals surface area contributed by atoms with E-state index in [4.69, 9.17) is 9.84 Å². The molecule has 6 nitrogen and oxygen atoms in total. The largest absolute Gasteiger partial charge is 0.481 e. The van der Waals surface area contributed by atoms with Crippen molar-refractivity contribution in [2.24, 2.45) is 0 Å². The fraction of sp³-hybridized carbons (Fsp3) is 0.727. The van der Waals surface area contributed by atoms with Crippen molar-refractivity contribution < 1.29 is 29.0 Å². The minimum Gasteiger partial charge on any atom is -0.481 e. The van der Waals surface area contributed by atoms with E-state index in [9.17, 15) is 14.4 Å². The van der Waals surface area contributed by atoms with Crippen molar-refractivity contribution in [2.75, 3.05) is 6.61 Å². The predicted molar refractivity (Wildman–Crippen MR) is 58.3 cm³/mol. The van der Waals surface area contributed by atoms with Crippen LogP contribution in [0.25, 0.3) is 0 Å². The van der Waals surface area contributed by atoms with Gasteiger partial charge in [0.2, 0.25) is 0 Å². The van der Waals surface area contributed by atoms with Crippen LogP contribution in [0.15, 0.2) is 0 Å². The van der Waals surface area contributed by atoms with Crippen LogP contribution in [0.4, 0.5) is 0 Å². The molecule has 0 heterocycles. The van der Waals surface area contributed by atoms with Crippen LogP contribution in [0.5, 0.6) is 0 Å². The number of aliphatic carboxylic acids is 1. The van der Waals surface area contributed by atoms with Crippen LogP contribution in [0.3, 0.4) is 0 Å². The number of rotatable bonds is 6. The van der Waals surface area contributed by atoms with Gasteiger partial charge in [-0.3, -0.25) is 14.4 Å². The minimum absolute atomic E-state index is 0.0192. The van der Waals surface area contributed by atoms with Crippen molar-refractivity contribution in [3.63, 3.8) is 0 Å². The first kappa shape index (κ1) is 15.4. The number of ether oxygens (including phenoxy) is 2. The van der Waals surface area contributed by atoms with Crippen LogP contribution in [-0.2, 0) is 23.9 Å². The maximum atomic E-state index is 11.2. The van der Waals surface area contributed by atoms with Gasteiger partial charge in [0.25, 0.3) is 0 Å². The normalized spacial score (nSPS) is 10.8. The molecule has 0 saturated heterocycles. The third-order valence-corrected chi connectivity index (χ3v) is 1.50. The number of carboxylic acid groups (broad SMARTS) is 1. The Labute approximate surface area is 99.9 Å². The van der Waals surface area contributed by atoms with Crippen molar-refractivity contribution in [1.29, 1.82) is 0 Å². The van der Waals surface area contributed by atoms with E-state index in [2.05, 4.69) is 4.74 Å². The first-order chi connectivity index (χ1) is 7.70. The Hall–Kier alpha value is -1.59. The third-order valence-electron chi connectivity index (χ3n) is 1.50. The lowest BCUT2D eigenvalue weighted by Gasteiger charge is -2.19. The monoisotopic (exact) mass is 246 g/mol. The summed E-state index contributed by atoms with van der Waals surface area (Å²) in [7, 11) is 0. The molecular formula is C11H18O6. The Balaban J connectivity index is 3.61. The van der Waals surface area contributed by atoms with Gasteiger partial charge in [-0.25, -0.2) is 0 Å². The van der Waals surface area contributed by atoms with Gasteiger partial charge in [0.05, 0.1) is 6.61 Å². The molecule has 0 atom stereocenters. The highest BCUT2D eigenvalue weighted by molar-refractivity contribution is 5.90. The lowest BCUT2D eigenvalue weighted by Crippen LogP contribution is -2.24. The molecule has 0 aliphatic heterocycles. The molecule has 0 aromatic carbocycles. The standard InChI is InChI=1S/C11H18O6/c1-11(2,3)17-9(14)5-4-6-16-10(15)7-8(12)13/h4-7H2,1-3H3,(H,12,13). The van der Waals surface area contributed by atoms with Crippen molar-refractivity contribution in [2.45, 2.75) is 45.6 Å². The van der Waals surface area contributed by atoms with E-state index in [-0.39, 0.29) is 19.0 Å². The van der Waals surface area contributed by atoms with Crippen LogP contribution in [0.2, 0.25) is 0 Å². The van der Waals surface area contributed by atoms with Crippen LogP contribution < -0.4 is 0 Å². The second kappa shape index (κ2) is 6.88. The average molecular weight is 246 g/mol. The van der Waals surface area contributed by atoms with E-state index >= 15 is 0 Å². The van der Waals surface area contributed by atoms with E-state index in [1.54, 1.807) is 20.8 Å². The van der Waals surface area contributed by atoms with Crippen LogP contribution in [0.1, 0.15) is 40.0 Å². The summed E-state index contributed by atoms with van der Waals surface area (Å²) in [6.45, 7) is 5.30. The molecule has 6 heteroatoms. The van der Waals surface area contributed by atoms with E-state index in [1.807, 2.05) is 0 Å². The van der Waals surface area contributed by atoms with Crippen molar-refractivity contribution >= 4 is 17.9 Å². The zero-order chi connectivity index (χ0) is 13.5. The molecule has 0 bridgehead atoms. The quantitative estimate of drug-likeness (QED) is 0.429. The number of hydrogen-bond acceptors (Lipinski definition) is 5.